The summed E-state index contributed by atoms with van der Waals surface area (Å²) in [5.74, 6) is -0.735. The van der Waals surface area contributed by atoms with Crippen LogP contribution in [0, 0.1) is 0 Å². The monoisotopic (exact) mass is 407 g/mol. The smallest absolute Gasteiger partial charge is 0.408 e. The van der Waals surface area contributed by atoms with Gasteiger partial charge in [-0.1, -0.05) is 43.5 Å². The number of anilines is 1. The molecule has 0 radical (unpaired) electrons. The third-order valence-corrected chi connectivity index (χ3v) is 6.22. The zero-order chi connectivity index (χ0) is 21.1. The predicted octanol–water partition coefficient (Wildman–Crippen LogP) is 4.24. The van der Waals surface area contributed by atoms with Crippen LogP contribution >= 0.6 is 0 Å². The van der Waals surface area contributed by atoms with E-state index in [2.05, 4.69) is 41.5 Å². The Morgan fingerprint density at radius 2 is 1.83 bits per heavy atom. The number of fused-ring (bicyclic) bond motifs is 1. The minimum atomic E-state index is -0.655. The molecule has 0 saturated heterocycles. The van der Waals surface area contributed by atoms with Crippen LogP contribution in [0.4, 0.5) is 5.69 Å². The molecule has 6 nitrogen and oxygen atoms in total. The molecule has 30 heavy (non-hydrogen) atoms. The lowest BCUT2D eigenvalue weighted by Crippen LogP contribution is -2.34. The van der Waals surface area contributed by atoms with E-state index in [-0.39, 0.29) is 5.91 Å². The van der Waals surface area contributed by atoms with Crippen LogP contribution in [0.1, 0.15) is 50.6 Å². The van der Waals surface area contributed by atoms with Crippen molar-refractivity contribution in [3.63, 3.8) is 0 Å². The molecule has 1 aliphatic carbocycles. The normalized spacial score (nSPS) is 15.8. The van der Waals surface area contributed by atoms with Crippen LogP contribution in [0.15, 0.2) is 57.7 Å². The average Bonchev–Trinajstić information content (AvgIpc) is 3.13. The number of oxazole rings is 1. The van der Waals surface area contributed by atoms with Crippen LogP contribution in [-0.2, 0) is 11.3 Å². The van der Waals surface area contributed by atoms with Crippen molar-refractivity contribution in [2.45, 2.75) is 57.7 Å². The molecule has 6 heteroatoms. The van der Waals surface area contributed by atoms with E-state index in [0.717, 1.165) is 5.56 Å². The maximum absolute atomic E-state index is 12.7. The van der Waals surface area contributed by atoms with Crippen molar-refractivity contribution in [2.75, 3.05) is 11.9 Å². The van der Waals surface area contributed by atoms with Gasteiger partial charge >= 0.3 is 5.76 Å². The summed E-state index contributed by atoms with van der Waals surface area (Å²) in [7, 11) is 2.17. The number of rotatable bonds is 6. The summed E-state index contributed by atoms with van der Waals surface area (Å²) in [6.45, 7) is 2.13. The van der Waals surface area contributed by atoms with Crippen molar-refractivity contribution < 1.29 is 9.21 Å². The number of aromatic nitrogens is 1. The van der Waals surface area contributed by atoms with Gasteiger partial charge in [-0.2, -0.15) is 0 Å². The second-order valence-corrected chi connectivity index (χ2v) is 8.17. The first-order valence-corrected chi connectivity index (χ1v) is 10.7. The summed E-state index contributed by atoms with van der Waals surface area (Å²) in [4.78, 5) is 27.2. The van der Waals surface area contributed by atoms with Gasteiger partial charge in [-0.05, 0) is 49.6 Å². The van der Waals surface area contributed by atoms with Gasteiger partial charge in [-0.25, -0.2) is 4.79 Å². The second kappa shape index (κ2) is 8.78. The summed E-state index contributed by atoms with van der Waals surface area (Å²) in [6, 6.07) is 15.4. The van der Waals surface area contributed by atoms with Gasteiger partial charge < -0.3 is 14.6 Å². The highest BCUT2D eigenvalue weighted by Gasteiger charge is 2.21. The zero-order valence-electron chi connectivity index (χ0n) is 17.6. The molecule has 0 bridgehead atoms. The summed E-state index contributed by atoms with van der Waals surface area (Å²) >= 11 is 0. The second-order valence-electron chi connectivity index (χ2n) is 8.17. The number of carbonyl (C=O) groups is 1. The van der Waals surface area contributed by atoms with Crippen LogP contribution in [0.2, 0.25) is 0 Å². The number of benzene rings is 2. The van der Waals surface area contributed by atoms with Crippen LogP contribution < -0.4 is 16.0 Å². The molecule has 1 heterocycles. The largest absolute Gasteiger partial charge is 0.420 e. The molecule has 1 aliphatic rings. The Balaban J connectivity index is 1.38. The van der Waals surface area contributed by atoms with E-state index < -0.39 is 11.8 Å². The predicted molar refractivity (Wildman–Crippen MR) is 119 cm³/mol. The summed E-state index contributed by atoms with van der Waals surface area (Å²) in [5, 5.41) is 2.94. The Bertz CT molecular complexity index is 1060. The number of nitrogens with one attached hydrogen (secondary N) is 1. The maximum atomic E-state index is 12.7. The number of amides is 1. The molecule has 2 aromatic carbocycles. The van der Waals surface area contributed by atoms with E-state index in [9.17, 15) is 9.59 Å². The van der Waals surface area contributed by atoms with Gasteiger partial charge in [-0.15, -0.1) is 0 Å². The maximum Gasteiger partial charge on any atom is 0.420 e. The molecule has 1 saturated carbocycles. The minimum Gasteiger partial charge on any atom is -0.408 e. The van der Waals surface area contributed by atoms with Crippen LogP contribution in [0.25, 0.3) is 11.1 Å². The third-order valence-electron chi connectivity index (χ3n) is 6.22. The summed E-state index contributed by atoms with van der Waals surface area (Å²) < 4.78 is 6.64. The Morgan fingerprint density at radius 1 is 1.13 bits per heavy atom. The van der Waals surface area contributed by atoms with Gasteiger partial charge in [0.1, 0.15) is 6.04 Å². The third kappa shape index (κ3) is 4.13. The lowest BCUT2D eigenvalue weighted by Gasteiger charge is -2.33. The molecule has 0 aliphatic heterocycles. The van der Waals surface area contributed by atoms with Crippen LogP contribution in [-0.4, -0.2) is 23.6 Å². The van der Waals surface area contributed by atoms with Crippen LogP contribution in [0.5, 0.6) is 0 Å². The standard InChI is InChI=1S/C24H29N3O3/c1-17(27-21-10-6-7-11-22(21)30-24(27)29)23(28)25-16-18-12-14-20(15-13-18)26(2)19-8-4-3-5-9-19/h6-7,10-15,17,19H,3-5,8-9,16H2,1-2H3,(H,25,28). The fraction of sp³-hybridized carbons (Fsp3) is 0.417. The Labute approximate surface area is 176 Å². The molecule has 1 unspecified atom stereocenters. The molecule has 4 rings (SSSR count). The summed E-state index contributed by atoms with van der Waals surface area (Å²) in [5.41, 5.74) is 3.35. The molecule has 1 N–H and O–H groups in total. The average molecular weight is 408 g/mol. The summed E-state index contributed by atoms with van der Waals surface area (Å²) in [6.07, 6.45) is 6.49. The Kier molecular flexibility index (Phi) is 5.93. The van der Waals surface area contributed by atoms with E-state index in [1.165, 1.54) is 42.4 Å². The Morgan fingerprint density at radius 3 is 2.57 bits per heavy atom. The fourth-order valence-corrected chi connectivity index (χ4v) is 4.33. The van der Waals surface area contributed by atoms with E-state index in [1.54, 1.807) is 25.1 Å². The first-order chi connectivity index (χ1) is 14.5. The lowest BCUT2D eigenvalue weighted by molar-refractivity contribution is -0.124. The van der Waals surface area contributed by atoms with Gasteiger partial charge in [0.2, 0.25) is 5.91 Å². The van der Waals surface area contributed by atoms with Crippen molar-refractivity contribution in [2.24, 2.45) is 0 Å². The van der Waals surface area contributed by atoms with E-state index in [1.807, 2.05) is 6.07 Å². The SMILES string of the molecule is CC(C(=O)NCc1ccc(N(C)C2CCCCC2)cc1)n1c(=O)oc2ccccc21. The number of para-hydroxylation sites is 2. The van der Waals surface area contributed by atoms with E-state index in [0.29, 0.717) is 23.7 Å². The van der Waals surface area contributed by atoms with Crippen molar-refractivity contribution in [3.05, 3.63) is 64.6 Å². The number of hydrogen-bond donors (Lipinski definition) is 1. The molecule has 158 valence electrons. The number of nitrogens with zero attached hydrogens (tertiary/aromatic N) is 2. The van der Waals surface area contributed by atoms with Crippen molar-refractivity contribution in [1.29, 1.82) is 0 Å². The highest BCUT2D eigenvalue weighted by atomic mass is 16.4. The molecular formula is C24H29N3O3. The highest BCUT2D eigenvalue weighted by molar-refractivity contribution is 5.82. The van der Waals surface area contributed by atoms with Crippen LogP contribution in [0.3, 0.4) is 0 Å². The molecule has 1 amide bonds. The fourth-order valence-electron chi connectivity index (χ4n) is 4.33. The van der Waals surface area contributed by atoms with Gasteiger partial charge in [0.15, 0.2) is 5.58 Å². The number of hydrogen-bond acceptors (Lipinski definition) is 4. The first-order valence-electron chi connectivity index (χ1n) is 10.7. The minimum absolute atomic E-state index is 0.216. The molecule has 1 aromatic heterocycles. The van der Waals surface area contributed by atoms with Gasteiger partial charge in [0.05, 0.1) is 5.52 Å². The number of carbonyl (C=O) groups excluding carboxylic acids is 1. The lowest BCUT2D eigenvalue weighted by atomic mass is 9.94. The molecule has 1 fully saturated rings. The van der Waals surface area contributed by atoms with Crippen molar-refractivity contribution in [1.82, 2.24) is 9.88 Å². The molecule has 0 spiro atoms. The van der Waals surface area contributed by atoms with Gasteiger partial charge in [-0.3, -0.25) is 9.36 Å². The first kappa shape index (κ1) is 20.3. The highest BCUT2D eigenvalue weighted by Crippen LogP contribution is 2.26. The molecular weight excluding hydrogens is 378 g/mol. The topological polar surface area (TPSA) is 67.5 Å². The molecule has 1 atom stereocenters. The van der Waals surface area contributed by atoms with Gasteiger partial charge in [0, 0.05) is 25.3 Å². The Hall–Kier alpha value is -3.02. The van der Waals surface area contributed by atoms with E-state index in [4.69, 9.17) is 4.42 Å². The van der Waals surface area contributed by atoms with Crippen molar-refractivity contribution >= 4 is 22.7 Å². The van der Waals surface area contributed by atoms with Gasteiger partial charge in [0.25, 0.3) is 0 Å². The van der Waals surface area contributed by atoms with E-state index >= 15 is 0 Å². The molecule has 3 aromatic rings. The quantitative estimate of drug-likeness (QED) is 0.664. The van der Waals surface area contributed by atoms with Crippen molar-refractivity contribution in [3.8, 4) is 0 Å². The zero-order valence-corrected chi connectivity index (χ0v) is 17.6.